The molecule has 0 N–H and O–H groups in total. The van der Waals surface area contributed by atoms with Crippen LogP contribution >= 0.6 is 0 Å². The number of piperidine rings is 1. The molecule has 98 valence electrons. The Morgan fingerprint density at radius 1 is 0.706 bits per heavy atom. The maximum Gasteiger partial charge on any atom is 0.0223 e. The summed E-state index contributed by atoms with van der Waals surface area (Å²) >= 11 is 0. The first-order valence-corrected chi connectivity index (χ1v) is 7.81. The predicted octanol–water partition coefficient (Wildman–Crippen LogP) is 2.74. The van der Waals surface area contributed by atoms with E-state index in [-0.39, 0.29) is 0 Å². The maximum atomic E-state index is 2.83. The number of fused-ring (bicyclic) bond motifs is 1. The lowest BCUT2D eigenvalue weighted by molar-refractivity contribution is 0.0152. The fraction of sp³-hybridized carbons (Fsp3) is 1.00. The van der Waals surface area contributed by atoms with Gasteiger partial charge in [0, 0.05) is 31.7 Å². The number of nitrogens with zero attached hydrogens (tertiary/aromatic N) is 2. The second-order valence-electron chi connectivity index (χ2n) is 6.59. The van der Waals surface area contributed by atoms with Crippen LogP contribution in [-0.2, 0) is 0 Å². The molecular formula is C15H28N2. The van der Waals surface area contributed by atoms with E-state index in [0.717, 1.165) is 18.0 Å². The summed E-state index contributed by atoms with van der Waals surface area (Å²) in [6, 6.07) is 1.83. The zero-order chi connectivity index (χ0) is 11.7. The van der Waals surface area contributed by atoms with Crippen molar-refractivity contribution in [2.75, 3.05) is 26.2 Å². The van der Waals surface area contributed by atoms with E-state index in [2.05, 4.69) is 16.7 Å². The Bertz CT molecular complexity index is 245. The lowest BCUT2D eigenvalue weighted by Gasteiger charge is -2.47. The van der Waals surface area contributed by atoms with Crippen molar-refractivity contribution in [3.63, 3.8) is 0 Å². The molecule has 3 rings (SSSR count). The van der Waals surface area contributed by atoms with E-state index in [4.69, 9.17) is 0 Å². The van der Waals surface area contributed by atoms with Crippen molar-refractivity contribution in [3.8, 4) is 0 Å². The van der Waals surface area contributed by atoms with Crippen molar-refractivity contribution in [3.05, 3.63) is 0 Å². The van der Waals surface area contributed by atoms with Crippen molar-refractivity contribution in [1.29, 1.82) is 0 Å². The molecule has 0 aromatic heterocycles. The van der Waals surface area contributed by atoms with E-state index in [0.29, 0.717) is 0 Å². The quantitative estimate of drug-likeness (QED) is 0.691. The third-order valence-corrected chi connectivity index (χ3v) is 5.37. The van der Waals surface area contributed by atoms with Crippen LogP contribution in [0.2, 0.25) is 0 Å². The molecule has 0 aromatic carbocycles. The average molecular weight is 236 g/mol. The molecule has 0 spiro atoms. The predicted molar refractivity (Wildman–Crippen MR) is 72.2 cm³/mol. The first-order valence-electron chi connectivity index (χ1n) is 7.81. The highest BCUT2D eigenvalue weighted by Crippen LogP contribution is 2.30. The first kappa shape index (κ1) is 12.0. The van der Waals surface area contributed by atoms with Crippen molar-refractivity contribution in [1.82, 2.24) is 9.80 Å². The number of hydrogen-bond donors (Lipinski definition) is 0. The molecule has 0 aromatic rings. The molecule has 3 fully saturated rings. The largest absolute Gasteiger partial charge is 0.298 e. The topological polar surface area (TPSA) is 6.48 Å². The minimum atomic E-state index is 0.900. The van der Waals surface area contributed by atoms with E-state index < -0.39 is 0 Å². The van der Waals surface area contributed by atoms with E-state index in [1.54, 1.807) is 0 Å². The van der Waals surface area contributed by atoms with Crippen molar-refractivity contribution in [2.24, 2.45) is 5.92 Å². The van der Waals surface area contributed by atoms with Gasteiger partial charge in [-0.05, 0) is 51.0 Å². The Labute approximate surface area is 106 Å². The molecule has 2 heteroatoms. The second kappa shape index (κ2) is 5.27. The van der Waals surface area contributed by atoms with Gasteiger partial charge in [-0.15, -0.1) is 0 Å². The van der Waals surface area contributed by atoms with Crippen LogP contribution < -0.4 is 0 Å². The van der Waals surface area contributed by atoms with E-state index >= 15 is 0 Å². The fourth-order valence-electron chi connectivity index (χ4n) is 4.12. The van der Waals surface area contributed by atoms with Crippen LogP contribution in [-0.4, -0.2) is 48.1 Å². The van der Waals surface area contributed by atoms with Gasteiger partial charge in [0.05, 0.1) is 0 Å². The van der Waals surface area contributed by atoms with Gasteiger partial charge >= 0.3 is 0 Å². The summed E-state index contributed by atoms with van der Waals surface area (Å²) in [7, 11) is 0. The van der Waals surface area contributed by atoms with Crippen LogP contribution in [0.1, 0.15) is 51.9 Å². The smallest absolute Gasteiger partial charge is 0.0223 e. The molecule has 17 heavy (non-hydrogen) atoms. The molecule has 1 aliphatic carbocycles. The normalized spacial score (nSPS) is 41.1. The minimum Gasteiger partial charge on any atom is -0.298 e. The molecule has 2 saturated heterocycles. The number of piperazine rings is 1. The summed E-state index contributed by atoms with van der Waals surface area (Å²) in [6.45, 7) is 7.86. The summed E-state index contributed by atoms with van der Waals surface area (Å²) in [5.41, 5.74) is 0. The maximum absolute atomic E-state index is 2.83. The van der Waals surface area contributed by atoms with Gasteiger partial charge in [-0.25, -0.2) is 0 Å². The molecule has 2 aliphatic heterocycles. The molecule has 1 saturated carbocycles. The Kier molecular flexibility index (Phi) is 3.72. The van der Waals surface area contributed by atoms with Gasteiger partial charge in [0.25, 0.3) is 0 Å². The zero-order valence-electron chi connectivity index (χ0n) is 11.4. The minimum absolute atomic E-state index is 0.900. The summed E-state index contributed by atoms with van der Waals surface area (Å²) in [6.07, 6.45) is 10.2. The highest BCUT2D eigenvalue weighted by atomic mass is 15.3. The van der Waals surface area contributed by atoms with Gasteiger partial charge in [-0.1, -0.05) is 13.3 Å². The van der Waals surface area contributed by atoms with Gasteiger partial charge in [0.15, 0.2) is 0 Å². The Hall–Kier alpha value is -0.0800. The number of hydrogen-bond acceptors (Lipinski definition) is 2. The molecule has 2 nitrogen and oxygen atoms in total. The average Bonchev–Trinajstić information content (AvgIpc) is 2.39. The van der Waals surface area contributed by atoms with Crippen molar-refractivity contribution >= 4 is 0 Å². The second-order valence-corrected chi connectivity index (χ2v) is 6.59. The third kappa shape index (κ3) is 2.68. The Morgan fingerprint density at radius 3 is 2.29 bits per heavy atom. The fourth-order valence-corrected chi connectivity index (χ4v) is 4.12. The molecule has 1 atom stereocenters. The van der Waals surface area contributed by atoms with E-state index in [1.807, 2.05) is 0 Å². The monoisotopic (exact) mass is 236 g/mol. The van der Waals surface area contributed by atoms with Gasteiger partial charge in [0.2, 0.25) is 0 Å². The van der Waals surface area contributed by atoms with Gasteiger partial charge in [-0.3, -0.25) is 9.80 Å². The third-order valence-electron chi connectivity index (χ3n) is 5.37. The standard InChI is InChI=1S/C15H28N2/c1-13-5-7-14(8-6-13)17-11-10-16-9-3-2-4-15(16)12-17/h13-15H,2-12H2,1H3. The summed E-state index contributed by atoms with van der Waals surface area (Å²) in [5, 5.41) is 0. The van der Waals surface area contributed by atoms with E-state index in [1.165, 1.54) is 71.1 Å². The summed E-state index contributed by atoms with van der Waals surface area (Å²) in [4.78, 5) is 5.59. The molecule has 1 unspecified atom stereocenters. The molecule has 0 amide bonds. The van der Waals surface area contributed by atoms with Crippen LogP contribution in [0, 0.1) is 5.92 Å². The summed E-state index contributed by atoms with van der Waals surface area (Å²) < 4.78 is 0. The lowest BCUT2D eigenvalue weighted by Crippen LogP contribution is -2.57. The molecule has 0 radical (unpaired) electrons. The summed E-state index contributed by atoms with van der Waals surface area (Å²) in [5.74, 6) is 0.988. The van der Waals surface area contributed by atoms with Crippen LogP contribution in [0.5, 0.6) is 0 Å². The zero-order valence-corrected chi connectivity index (χ0v) is 11.4. The molecule has 2 heterocycles. The van der Waals surface area contributed by atoms with Crippen LogP contribution in [0.4, 0.5) is 0 Å². The lowest BCUT2D eigenvalue weighted by atomic mass is 9.85. The van der Waals surface area contributed by atoms with Crippen molar-refractivity contribution in [2.45, 2.75) is 64.0 Å². The highest BCUT2D eigenvalue weighted by Gasteiger charge is 2.33. The van der Waals surface area contributed by atoms with Gasteiger partial charge in [-0.2, -0.15) is 0 Å². The first-order chi connectivity index (χ1) is 8.33. The molecular weight excluding hydrogens is 208 g/mol. The van der Waals surface area contributed by atoms with Crippen LogP contribution in [0.15, 0.2) is 0 Å². The number of rotatable bonds is 1. The Balaban J connectivity index is 1.54. The van der Waals surface area contributed by atoms with Crippen LogP contribution in [0.3, 0.4) is 0 Å². The Morgan fingerprint density at radius 2 is 1.47 bits per heavy atom. The van der Waals surface area contributed by atoms with E-state index in [9.17, 15) is 0 Å². The molecule has 3 aliphatic rings. The van der Waals surface area contributed by atoms with Gasteiger partial charge in [0.1, 0.15) is 0 Å². The van der Waals surface area contributed by atoms with Crippen molar-refractivity contribution < 1.29 is 0 Å². The SMILES string of the molecule is CC1CCC(N2CCN3CCCCC3C2)CC1. The molecule has 0 bridgehead atoms. The highest BCUT2D eigenvalue weighted by molar-refractivity contribution is 4.89. The van der Waals surface area contributed by atoms with Crippen LogP contribution in [0.25, 0.3) is 0 Å². The van der Waals surface area contributed by atoms with Gasteiger partial charge < -0.3 is 0 Å².